The van der Waals surface area contributed by atoms with Crippen LogP contribution in [0.25, 0.3) is 5.69 Å². The molecule has 0 amide bonds. The van der Waals surface area contributed by atoms with Crippen molar-refractivity contribution >= 4 is 11.8 Å². The van der Waals surface area contributed by atoms with Crippen molar-refractivity contribution in [2.75, 3.05) is 0 Å². The van der Waals surface area contributed by atoms with E-state index in [-0.39, 0.29) is 74.8 Å². The van der Waals surface area contributed by atoms with Crippen molar-refractivity contribution < 1.29 is 79.3 Å². The Balaban J connectivity index is 0.00000338. The van der Waals surface area contributed by atoms with Gasteiger partial charge >= 0.3 is 57.6 Å². The van der Waals surface area contributed by atoms with E-state index in [1.54, 1.807) is 6.92 Å². The Hall–Kier alpha value is -1.33. The first-order chi connectivity index (χ1) is 11.6. The van der Waals surface area contributed by atoms with Gasteiger partial charge in [0.2, 0.25) is 5.43 Å². The number of alkyl halides is 3. The number of carboxylic acids is 1. The first kappa shape index (κ1) is 22.7. The van der Waals surface area contributed by atoms with E-state index in [0.29, 0.717) is 0 Å². The summed E-state index contributed by atoms with van der Waals surface area (Å²) in [4.78, 5) is 35.0. The maximum atomic E-state index is 12.7. The summed E-state index contributed by atoms with van der Waals surface area (Å²) in [7, 11) is 0. The number of halogens is 3. The van der Waals surface area contributed by atoms with Gasteiger partial charge in [0.05, 0.1) is 28.5 Å². The monoisotopic (exact) mass is 392 g/mol. The molecular formula is C16H12F3KN2O4. The summed E-state index contributed by atoms with van der Waals surface area (Å²) in [6.45, 7) is 2.69. The molecule has 0 saturated heterocycles. The third kappa shape index (κ3) is 4.49. The fourth-order valence-electron chi connectivity index (χ4n) is 2.39. The summed E-state index contributed by atoms with van der Waals surface area (Å²) in [6, 6.07) is 3.73. The SMILES string of the molecule is CCc1c(C(C)=O)c(=O)c(C(=O)[O-])nn1-c1ccc(C(F)(F)F)cc1.[K+]. The van der Waals surface area contributed by atoms with E-state index in [0.717, 1.165) is 35.9 Å². The summed E-state index contributed by atoms with van der Waals surface area (Å²) in [5, 5.41) is 14.8. The largest absolute Gasteiger partial charge is 1.00 e. The number of carboxylic acid groups (broad SMARTS) is 1. The van der Waals surface area contributed by atoms with E-state index in [1.807, 2.05) is 0 Å². The number of nitrogens with zero attached hydrogens (tertiary/aromatic N) is 2. The van der Waals surface area contributed by atoms with Gasteiger partial charge in [-0.15, -0.1) is 0 Å². The van der Waals surface area contributed by atoms with Crippen LogP contribution in [-0.2, 0) is 12.6 Å². The number of carbonyl (C=O) groups is 2. The van der Waals surface area contributed by atoms with Gasteiger partial charge in [-0.05, 0) is 37.6 Å². The zero-order valence-corrected chi connectivity index (χ0v) is 17.3. The molecule has 0 spiro atoms. The zero-order chi connectivity index (χ0) is 18.9. The van der Waals surface area contributed by atoms with Crippen LogP contribution in [0.1, 0.15) is 46.0 Å². The average Bonchev–Trinajstić information content (AvgIpc) is 2.52. The summed E-state index contributed by atoms with van der Waals surface area (Å²) in [5.41, 5.74) is -3.16. The van der Waals surface area contributed by atoms with E-state index in [1.165, 1.54) is 0 Å². The van der Waals surface area contributed by atoms with E-state index in [4.69, 9.17) is 0 Å². The van der Waals surface area contributed by atoms with Gasteiger partial charge in [0.15, 0.2) is 11.5 Å². The van der Waals surface area contributed by atoms with Crippen LogP contribution in [0.3, 0.4) is 0 Å². The predicted molar refractivity (Wildman–Crippen MR) is 78.5 cm³/mol. The number of hydrogen-bond donors (Lipinski definition) is 0. The molecule has 0 aliphatic carbocycles. The summed E-state index contributed by atoms with van der Waals surface area (Å²) < 4.78 is 39.0. The van der Waals surface area contributed by atoms with Gasteiger partial charge in [-0.3, -0.25) is 9.59 Å². The van der Waals surface area contributed by atoms with Crippen LogP contribution in [-0.4, -0.2) is 21.5 Å². The van der Waals surface area contributed by atoms with Gasteiger partial charge < -0.3 is 9.90 Å². The minimum atomic E-state index is -4.54. The third-order valence-corrected chi connectivity index (χ3v) is 3.51. The van der Waals surface area contributed by atoms with Gasteiger partial charge in [0.1, 0.15) is 0 Å². The van der Waals surface area contributed by atoms with E-state index in [2.05, 4.69) is 5.10 Å². The molecule has 0 aliphatic heterocycles. The number of Topliss-reactive ketones (excluding diaryl/α,β-unsaturated/α-hetero) is 1. The molecule has 0 bridgehead atoms. The zero-order valence-electron chi connectivity index (χ0n) is 14.2. The van der Waals surface area contributed by atoms with Gasteiger partial charge in [0.25, 0.3) is 0 Å². The summed E-state index contributed by atoms with van der Waals surface area (Å²) in [5.74, 6) is -2.55. The molecule has 0 unspecified atom stereocenters. The Morgan fingerprint density at radius 2 is 1.73 bits per heavy atom. The Bertz CT molecular complexity index is 905. The van der Waals surface area contributed by atoms with Crippen molar-refractivity contribution in [2.24, 2.45) is 0 Å². The molecule has 1 aromatic heterocycles. The smallest absolute Gasteiger partial charge is 0.543 e. The van der Waals surface area contributed by atoms with Crippen LogP contribution in [0.4, 0.5) is 13.2 Å². The molecule has 0 saturated carbocycles. The van der Waals surface area contributed by atoms with E-state index >= 15 is 0 Å². The number of aromatic carboxylic acids is 1. The Morgan fingerprint density at radius 3 is 2.12 bits per heavy atom. The van der Waals surface area contributed by atoms with Crippen molar-refractivity contribution in [1.82, 2.24) is 9.78 Å². The molecule has 26 heavy (non-hydrogen) atoms. The number of ketones is 1. The molecule has 6 nitrogen and oxygen atoms in total. The second-order valence-corrected chi connectivity index (χ2v) is 5.15. The Kier molecular flexibility index (Phi) is 7.48. The number of aromatic nitrogens is 2. The summed E-state index contributed by atoms with van der Waals surface area (Å²) >= 11 is 0. The van der Waals surface area contributed by atoms with Crippen LogP contribution >= 0.6 is 0 Å². The number of benzene rings is 1. The van der Waals surface area contributed by atoms with Gasteiger partial charge in [-0.2, -0.15) is 18.3 Å². The first-order valence-electron chi connectivity index (χ1n) is 7.14. The first-order valence-corrected chi connectivity index (χ1v) is 7.14. The molecule has 2 rings (SSSR count). The number of hydrogen-bond acceptors (Lipinski definition) is 5. The van der Waals surface area contributed by atoms with Gasteiger partial charge in [-0.1, -0.05) is 6.92 Å². The molecule has 0 aliphatic rings. The molecule has 132 valence electrons. The van der Waals surface area contributed by atoms with Crippen LogP contribution in [0.15, 0.2) is 29.1 Å². The molecule has 0 radical (unpaired) electrons. The van der Waals surface area contributed by atoms with Crippen LogP contribution in [0.5, 0.6) is 0 Å². The maximum absolute atomic E-state index is 12.7. The molecule has 0 N–H and O–H groups in total. The summed E-state index contributed by atoms with van der Waals surface area (Å²) in [6.07, 6.45) is -4.41. The maximum Gasteiger partial charge on any atom is 1.00 e. The fraction of sp³-hybridized carbons (Fsp3) is 0.250. The third-order valence-electron chi connectivity index (χ3n) is 3.51. The molecular weight excluding hydrogens is 380 g/mol. The molecule has 2 aromatic rings. The topological polar surface area (TPSA) is 92.1 Å². The minimum absolute atomic E-state index is 0. The molecule has 0 atom stereocenters. The van der Waals surface area contributed by atoms with Crippen LogP contribution in [0.2, 0.25) is 0 Å². The predicted octanol–water partition coefficient (Wildman–Crippen LogP) is -1.62. The number of rotatable bonds is 4. The van der Waals surface area contributed by atoms with E-state index < -0.39 is 34.6 Å². The normalized spacial score (nSPS) is 11.0. The quantitative estimate of drug-likeness (QED) is 0.461. The molecule has 1 heterocycles. The van der Waals surface area contributed by atoms with Crippen LogP contribution < -0.4 is 61.9 Å². The second kappa shape index (κ2) is 8.57. The molecule has 1 aromatic carbocycles. The average molecular weight is 392 g/mol. The van der Waals surface area contributed by atoms with Crippen molar-refractivity contribution in [3.63, 3.8) is 0 Å². The van der Waals surface area contributed by atoms with Crippen molar-refractivity contribution in [1.29, 1.82) is 0 Å². The van der Waals surface area contributed by atoms with E-state index in [9.17, 15) is 32.7 Å². The fourth-order valence-corrected chi connectivity index (χ4v) is 2.39. The minimum Gasteiger partial charge on any atom is -0.543 e. The second-order valence-electron chi connectivity index (χ2n) is 5.15. The van der Waals surface area contributed by atoms with Crippen molar-refractivity contribution in [2.45, 2.75) is 26.4 Å². The number of carbonyl (C=O) groups excluding carboxylic acids is 2. The molecule has 0 fully saturated rings. The van der Waals surface area contributed by atoms with Crippen molar-refractivity contribution in [3.8, 4) is 5.69 Å². The standard InChI is InChI=1S/C16H13F3N2O4.K/c1-3-11-12(8(2)22)14(23)13(15(24)25)20-21(11)10-6-4-9(5-7-10)16(17,18)19;/h4-7H,3H2,1-2H3,(H,24,25);/q;+1/p-1. The van der Waals surface area contributed by atoms with Gasteiger partial charge in [0, 0.05) is 0 Å². The Morgan fingerprint density at radius 1 is 1.19 bits per heavy atom. The van der Waals surface area contributed by atoms with Crippen molar-refractivity contribution in [3.05, 3.63) is 57.0 Å². The molecule has 10 heteroatoms. The van der Waals surface area contributed by atoms with Crippen LogP contribution in [0, 0.1) is 0 Å². The van der Waals surface area contributed by atoms with Gasteiger partial charge in [-0.25, -0.2) is 4.68 Å². The Labute approximate surface area is 188 Å².